The Balaban J connectivity index is 1.70. The van der Waals surface area contributed by atoms with Gasteiger partial charge in [0.25, 0.3) is 10.0 Å². The van der Waals surface area contributed by atoms with Crippen LogP contribution in [-0.4, -0.2) is 25.5 Å². The Hall–Kier alpha value is -3.30. The number of anilines is 3. The Bertz CT molecular complexity index is 1310. The highest BCUT2D eigenvalue weighted by atomic mass is 32.2. The summed E-state index contributed by atoms with van der Waals surface area (Å²) < 4.78 is 28.6. The normalized spacial score (nSPS) is 12.0. The highest BCUT2D eigenvalue weighted by Crippen LogP contribution is 2.27. The van der Waals surface area contributed by atoms with Gasteiger partial charge in [0, 0.05) is 28.9 Å². The molecule has 1 unspecified atom stereocenters. The van der Waals surface area contributed by atoms with Crippen LogP contribution >= 0.6 is 11.8 Å². The lowest BCUT2D eigenvalue weighted by atomic mass is 10.2. The third-order valence-electron chi connectivity index (χ3n) is 4.87. The predicted octanol–water partition coefficient (Wildman–Crippen LogP) is 5.18. The molecule has 0 aliphatic heterocycles. The lowest BCUT2D eigenvalue weighted by Gasteiger charge is -2.15. The largest absolute Gasteiger partial charge is 0.326 e. The number of amides is 2. The Labute approximate surface area is 204 Å². The number of carbonyl (C=O) groups is 2. The number of rotatable bonds is 8. The Morgan fingerprint density at radius 2 is 1.53 bits per heavy atom. The molecule has 0 bridgehead atoms. The maximum absolute atomic E-state index is 13.0. The van der Waals surface area contributed by atoms with Gasteiger partial charge < -0.3 is 10.6 Å². The summed E-state index contributed by atoms with van der Waals surface area (Å²) in [7, 11) is -3.84. The third kappa shape index (κ3) is 6.85. The molecule has 9 heteroatoms. The van der Waals surface area contributed by atoms with E-state index < -0.39 is 15.3 Å². The van der Waals surface area contributed by atoms with Crippen LogP contribution in [0.2, 0.25) is 0 Å². The van der Waals surface area contributed by atoms with E-state index in [1.54, 1.807) is 56.3 Å². The lowest BCUT2D eigenvalue weighted by molar-refractivity contribution is -0.115. The molecule has 0 spiro atoms. The fraction of sp³-hybridized carbons (Fsp3) is 0.200. The first-order valence-corrected chi connectivity index (χ1v) is 12.9. The number of aryl methyl sites for hydroxylation is 2. The van der Waals surface area contributed by atoms with E-state index >= 15 is 0 Å². The molecular weight excluding hydrogens is 470 g/mol. The van der Waals surface area contributed by atoms with Crippen molar-refractivity contribution in [3.8, 4) is 0 Å². The first-order valence-electron chi connectivity index (χ1n) is 10.6. The third-order valence-corrected chi connectivity index (χ3v) is 7.51. The molecule has 0 saturated carbocycles. The van der Waals surface area contributed by atoms with Crippen LogP contribution in [0.25, 0.3) is 0 Å². The monoisotopic (exact) mass is 497 g/mol. The van der Waals surface area contributed by atoms with E-state index in [4.69, 9.17) is 0 Å². The van der Waals surface area contributed by atoms with Gasteiger partial charge in [0.15, 0.2) is 0 Å². The number of hydrogen-bond acceptors (Lipinski definition) is 5. The van der Waals surface area contributed by atoms with Crippen molar-refractivity contribution >= 4 is 50.7 Å². The molecule has 0 aromatic heterocycles. The van der Waals surface area contributed by atoms with Gasteiger partial charge in [0.2, 0.25) is 11.8 Å². The average Bonchev–Trinajstić information content (AvgIpc) is 2.75. The highest BCUT2D eigenvalue weighted by Gasteiger charge is 2.20. The molecule has 0 aliphatic carbocycles. The van der Waals surface area contributed by atoms with E-state index in [1.165, 1.54) is 24.8 Å². The number of thioether (sulfide) groups is 1. The summed E-state index contributed by atoms with van der Waals surface area (Å²) in [4.78, 5) is 24.9. The molecule has 0 saturated heterocycles. The van der Waals surface area contributed by atoms with Gasteiger partial charge in [-0.1, -0.05) is 18.2 Å². The van der Waals surface area contributed by atoms with Gasteiger partial charge in [-0.2, -0.15) is 0 Å². The summed E-state index contributed by atoms with van der Waals surface area (Å²) in [5, 5.41) is 5.07. The summed E-state index contributed by atoms with van der Waals surface area (Å²) in [5.74, 6) is -0.406. The lowest BCUT2D eigenvalue weighted by Crippen LogP contribution is -2.23. The van der Waals surface area contributed by atoms with Crippen molar-refractivity contribution in [3.05, 3.63) is 77.9 Å². The van der Waals surface area contributed by atoms with Crippen LogP contribution in [0.1, 0.15) is 25.0 Å². The first-order chi connectivity index (χ1) is 16.0. The minimum absolute atomic E-state index is 0.0978. The number of carbonyl (C=O) groups excluding carboxylic acids is 2. The topological polar surface area (TPSA) is 104 Å². The van der Waals surface area contributed by atoms with Gasteiger partial charge in [0.1, 0.15) is 0 Å². The zero-order valence-electron chi connectivity index (χ0n) is 19.4. The fourth-order valence-electron chi connectivity index (χ4n) is 3.21. The van der Waals surface area contributed by atoms with Crippen molar-refractivity contribution in [1.29, 1.82) is 0 Å². The fourth-order valence-corrected chi connectivity index (χ4v) is 5.40. The molecule has 3 aromatic rings. The Morgan fingerprint density at radius 3 is 2.18 bits per heavy atom. The highest BCUT2D eigenvalue weighted by molar-refractivity contribution is 8.00. The summed E-state index contributed by atoms with van der Waals surface area (Å²) in [6.07, 6.45) is 0. The summed E-state index contributed by atoms with van der Waals surface area (Å²) in [5.41, 5.74) is 3.06. The van der Waals surface area contributed by atoms with Gasteiger partial charge in [-0.15, -0.1) is 11.8 Å². The van der Waals surface area contributed by atoms with Crippen molar-refractivity contribution in [2.75, 3.05) is 15.4 Å². The molecular formula is C25H27N3O4S2. The molecule has 3 rings (SSSR count). The van der Waals surface area contributed by atoms with Crippen molar-refractivity contribution in [2.45, 2.75) is 42.7 Å². The molecule has 0 radical (unpaired) electrons. The smallest absolute Gasteiger partial charge is 0.262 e. The van der Waals surface area contributed by atoms with Gasteiger partial charge >= 0.3 is 0 Å². The van der Waals surface area contributed by atoms with Gasteiger partial charge in [0.05, 0.1) is 10.1 Å². The number of hydrogen-bond donors (Lipinski definition) is 3. The predicted molar refractivity (Wildman–Crippen MR) is 138 cm³/mol. The molecule has 7 nitrogen and oxygen atoms in total. The minimum Gasteiger partial charge on any atom is -0.326 e. The van der Waals surface area contributed by atoms with Gasteiger partial charge in [-0.05, 0) is 80.4 Å². The summed E-state index contributed by atoms with van der Waals surface area (Å²) in [6, 6.07) is 19.1. The van der Waals surface area contributed by atoms with Crippen LogP contribution in [0.3, 0.4) is 0 Å². The standard InChI is InChI=1S/C25H27N3O4S2/c1-16-6-5-7-22(14-16)28-34(31,32)24-15-21(9-8-17(24)2)27-25(30)18(3)33-23-12-10-20(11-13-23)26-19(4)29/h5-15,18,28H,1-4H3,(H,26,29)(H,27,30). The quantitative estimate of drug-likeness (QED) is 0.372. The van der Waals surface area contributed by atoms with E-state index in [0.717, 1.165) is 10.5 Å². The second kappa shape index (κ2) is 10.8. The minimum atomic E-state index is -3.84. The van der Waals surface area contributed by atoms with Gasteiger partial charge in [-0.25, -0.2) is 8.42 Å². The maximum atomic E-state index is 13.0. The second-order valence-electron chi connectivity index (χ2n) is 7.91. The Morgan fingerprint density at radius 1 is 0.853 bits per heavy atom. The van der Waals surface area contributed by atoms with E-state index in [-0.39, 0.29) is 16.7 Å². The molecule has 3 N–H and O–H groups in total. The molecule has 3 aromatic carbocycles. The van der Waals surface area contributed by atoms with Crippen LogP contribution in [0, 0.1) is 13.8 Å². The maximum Gasteiger partial charge on any atom is 0.262 e. The molecule has 0 fully saturated rings. The Kier molecular flexibility index (Phi) is 8.01. The van der Waals surface area contributed by atoms with Crippen LogP contribution < -0.4 is 15.4 Å². The average molecular weight is 498 g/mol. The summed E-state index contributed by atoms with van der Waals surface area (Å²) in [6.45, 7) is 6.80. The molecule has 0 aliphatic rings. The first kappa shape index (κ1) is 25.3. The number of nitrogens with one attached hydrogen (secondary N) is 3. The number of sulfonamides is 1. The second-order valence-corrected chi connectivity index (χ2v) is 11.0. The molecule has 0 heterocycles. The zero-order valence-corrected chi connectivity index (χ0v) is 21.0. The van der Waals surface area contributed by atoms with Crippen molar-refractivity contribution in [3.63, 3.8) is 0 Å². The molecule has 178 valence electrons. The van der Waals surface area contributed by atoms with Crippen LogP contribution in [0.15, 0.2) is 76.5 Å². The van der Waals surface area contributed by atoms with Gasteiger partial charge in [-0.3, -0.25) is 14.3 Å². The van der Waals surface area contributed by atoms with E-state index in [9.17, 15) is 18.0 Å². The van der Waals surface area contributed by atoms with Crippen molar-refractivity contribution in [2.24, 2.45) is 0 Å². The summed E-state index contributed by atoms with van der Waals surface area (Å²) >= 11 is 1.36. The van der Waals surface area contributed by atoms with Crippen molar-refractivity contribution < 1.29 is 18.0 Å². The van der Waals surface area contributed by atoms with Crippen LogP contribution in [0.5, 0.6) is 0 Å². The molecule has 34 heavy (non-hydrogen) atoms. The molecule has 2 amide bonds. The van der Waals surface area contributed by atoms with E-state index in [1.807, 2.05) is 25.1 Å². The van der Waals surface area contributed by atoms with Crippen LogP contribution in [-0.2, 0) is 19.6 Å². The SMILES string of the molecule is CC(=O)Nc1ccc(SC(C)C(=O)Nc2ccc(C)c(S(=O)(=O)Nc3cccc(C)c3)c2)cc1. The zero-order chi connectivity index (χ0) is 24.9. The number of benzene rings is 3. The van der Waals surface area contributed by atoms with Crippen molar-refractivity contribution in [1.82, 2.24) is 0 Å². The molecule has 1 atom stereocenters. The van der Waals surface area contributed by atoms with E-state index in [0.29, 0.717) is 22.6 Å². The van der Waals surface area contributed by atoms with E-state index in [2.05, 4.69) is 15.4 Å². The van der Waals surface area contributed by atoms with Crippen LogP contribution in [0.4, 0.5) is 17.1 Å².